The van der Waals surface area contributed by atoms with Gasteiger partial charge >= 0.3 is 11.9 Å². The number of hydrogen-bond donors (Lipinski definition) is 0. The number of ether oxygens (including phenoxy) is 3. The number of rotatable bonds is 53. The van der Waals surface area contributed by atoms with E-state index in [2.05, 4.69) is 45.1 Å². The molecule has 0 aromatic carbocycles. The van der Waals surface area contributed by atoms with Crippen molar-refractivity contribution < 1.29 is 23.8 Å². The number of allylic oxidation sites excluding steroid dienone is 4. The molecule has 0 aliphatic rings. The second-order valence-electron chi connectivity index (χ2n) is 19.2. The molecule has 0 N–H and O–H groups in total. The van der Waals surface area contributed by atoms with E-state index in [0.29, 0.717) is 19.4 Å². The number of esters is 2. The molecule has 0 aliphatic carbocycles. The van der Waals surface area contributed by atoms with Gasteiger partial charge in [-0.2, -0.15) is 0 Å². The molecule has 0 bridgehead atoms. The molecule has 372 valence electrons. The van der Waals surface area contributed by atoms with Crippen molar-refractivity contribution in [2.24, 2.45) is 0 Å². The summed E-state index contributed by atoms with van der Waals surface area (Å²) in [6.07, 6.45) is 65.0. The second kappa shape index (κ2) is 54.7. The highest BCUT2D eigenvalue weighted by atomic mass is 16.6. The quantitative estimate of drug-likeness (QED) is 0.0346. The van der Waals surface area contributed by atoms with E-state index in [4.69, 9.17) is 14.2 Å². The van der Waals surface area contributed by atoms with Crippen LogP contribution in [0.25, 0.3) is 0 Å². The Balaban J connectivity index is 4.19. The molecule has 0 unspecified atom stereocenters. The van der Waals surface area contributed by atoms with Gasteiger partial charge in [0.05, 0.1) is 0 Å². The van der Waals surface area contributed by atoms with Crippen LogP contribution in [0.3, 0.4) is 0 Å². The van der Waals surface area contributed by atoms with E-state index < -0.39 is 6.10 Å². The Bertz CT molecular complexity index is 959. The summed E-state index contributed by atoms with van der Waals surface area (Å²) in [4.78, 5) is 25.3. The van der Waals surface area contributed by atoms with Crippen LogP contribution < -0.4 is 0 Å². The number of carbonyl (C=O) groups is 2. The molecule has 0 heterocycles. The third-order valence-electron chi connectivity index (χ3n) is 12.8. The van der Waals surface area contributed by atoms with Gasteiger partial charge in [0.1, 0.15) is 19.3 Å². The summed E-state index contributed by atoms with van der Waals surface area (Å²) in [6.45, 7) is 7.76. The van der Waals surface area contributed by atoms with E-state index in [9.17, 15) is 9.59 Å². The zero-order valence-corrected chi connectivity index (χ0v) is 42.9. The van der Waals surface area contributed by atoms with Crippen molar-refractivity contribution in [2.45, 2.75) is 316 Å². The summed E-state index contributed by atoms with van der Waals surface area (Å²) in [5.41, 5.74) is 0. The van der Waals surface area contributed by atoms with E-state index in [1.54, 1.807) is 0 Å². The fourth-order valence-corrected chi connectivity index (χ4v) is 8.46. The van der Waals surface area contributed by atoms with Crippen LogP contribution in [-0.4, -0.2) is 37.9 Å². The lowest BCUT2D eigenvalue weighted by atomic mass is 10.0. The molecule has 0 fully saturated rings. The van der Waals surface area contributed by atoms with Crippen LogP contribution in [0.4, 0.5) is 0 Å². The van der Waals surface area contributed by atoms with E-state index in [0.717, 1.165) is 44.9 Å². The monoisotopic (exact) mass is 887 g/mol. The average Bonchev–Trinajstić information content (AvgIpc) is 3.29. The Morgan fingerprint density at radius 2 is 0.603 bits per heavy atom. The van der Waals surface area contributed by atoms with E-state index in [-0.39, 0.29) is 25.2 Å². The maximum atomic E-state index is 12.6. The Morgan fingerprint density at radius 1 is 0.333 bits per heavy atom. The standard InChI is InChI=1S/C58H110O5/c1-4-7-10-13-16-19-22-25-27-29-30-31-32-34-37-40-43-46-49-52-58(60)63-55-56(54-62-57(59)51-48-45-42-39-36-24-21-18-15-12-9-6-3)61-53-50-47-44-41-38-35-33-28-26-23-20-17-14-11-8-5-2/h16,19,25,27,56H,4-15,17-18,20-24,26,28-55H2,1-3H3/b19-16-,27-25-/t56-/m0/s1. The van der Waals surface area contributed by atoms with Gasteiger partial charge < -0.3 is 14.2 Å². The lowest BCUT2D eigenvalue weighted by Gasteiger charge is -2.18. The van der Waals surface area contributed by atoms with E-state index in [1.165, 1.54) is 231 Å². The first-order valence-corrected chi connectivity index (χ1v) is 28.4. The van der Waals surface area contributed by atoms with Gasteiger partial charge in [0.15, 0.2) is 0 Å². The topological polar surface area (TPSA) is 61.8 Å². The Morgan fingerprint density at radius 3 is 0.952 bits per heavy atom. The molecule has 63 heavy (non-hydrogen) atoms. The van der Waals surface area contributed by atoms with Crippen molar-refractivity contribution in [1.29, 1.82) is 0 Å². The fourth-order valence-electron chi connectivity index (χ4n) is 8.46. The molecule has 0 saturated carbocycles. The van der Waals surface area contributed by atoms with Gasteiger partial charge in [0.2, 0.25) is 0 Å². The first kappa shape index (κ1) is 61.4. The minimum atomic E-state index is -0.394. The van der Waals surface area contributed by atoms with Crippen LogP contribution >= 0.6 is 0 Å². The predicted molar refractivity (Wildman–Crippen MR) is 275 cm³/mol. The first-order valence-electron chi connectivity index (χ1n) is 28.4. The summed E-state index contributed by atoms with van der Waals surface area (Å²) in [5.74, 6) is -0.320. The molecule has 0 radical (unpaired) electrons. The lowest BCUT2D eigenvalue weighted by Crippen LogP contribution is -2.29. The minimum Gasteiger partial charge on any atom is -0.463 e. The molecule has 5 nitrogen and oxygen atoms in total. The molecular formula is C58H110O5. The smallest absolute Gasteiger partial charge is 0.305 e. The molecular weight excluding hydrogens is 777 g/mol. The first-order chi connectivity index (χ1) is 31.1. The molecule has 0 aromatic rings. The maximum Gasteiger partial charge on any atom is 0.305 e. The molecule has 0 aromatic heterocycles. The highest BCUT2D eigenvalue weighted by molar-refractivity contribution is 5.69. The zero-order chi connectivity index (χ0) is 45.6. The van der Waals surface area contributed by atoms with Gasteiger partial charge in [0, 0.05) is 19.4 Å². The zero-order valence-electron chi connectivity index (χ0n) is 42.9. The van der Waals surface area contributed by atoms with Crippen molar-refractivity contribution in [3.8, 4) is 0 Å². The summed E-state index contributed by atoms with van der Waals surface area (Å²) in [5, 5.41) is 0. The van der Waals surface area contributed by atoms with Gasteiger partial charge in [-0.1, -0.05) is 270 Å². The van der Waals surface area contributed by atoms with Crippen LogP contribution in [0.15, 0.2) is 24.3 Å². The van der Waals surface area contributed by atoms with Crippen molar-refractivity contribution in [3.63, 3.8) is 0 Å². The molecule has 0 spiro atoms. The van der Waals surface area contributed by atoms with Crippen LogP contribution in [-0.2, 0) is 23.8 Å². The maximum absolute atomic E-state index is 12.6. The van der Waals surface area contributed by atoms with Crippen LogP contribution in [0.2, 0.25) is 0 Å². The van der Waals surface area contributed by atoms with Crippen molar-refractivity contribution in [3.05, 3.63) is 24.3 Å². The summed E-state index contributed by atoms with van der Waals surface area (Å²) >= 11 is 0. The molecule has 0 amide bonds. The van der Waals surface area contributed by atoms with Gasteiger partial charge in [-0.05, 0) is 51.4 Å². The van der Waals surface area contributed by atoms with Crippen LogP contribution in [0.1, 0.15) is 310 Å². The number of unbranched alkanes of at least 4 members (excludes halogenated alkanes) is 38. The van der Waals surface area contributed by atoms with Gasteiger partial charge in [-0.3, -0.25) is 9.59 Å². The van der Waals surface area contributed by atoms with Gasteiger partial charge in [-0.15, -0.1) is 0 Å². The Labute approximate surface area is 394 Å². The van der Waals surface area contributed by atoms with E-state index >= 15 is 0 Å². The molecule has 0 aliphatic heterocycles. The normalized spacial score (nSPS) is 12.2. The average molecular weight is 888 g/mol. The minimum absolute atomic E-state index is 0.159. The summed E-state index contributed by atoms with van der Waals surface area (Å²) in [7, 11) is 0. The van der Waals surface area contributed by atoms with Crippen molar-refractivity contribution >= 4 is 11.9 Å². The molecule has 0 rings (SSSR count). The second-order valence-corrected chi connectivity index (χ2v) is 19.2. The van der Waals surface area contributed by atoms with Gasteiger partial charge in [0.25, 0.3) is 0 Å². The summed E-state index contributed by atoms with van der Waals surface area (Å²) in [6, 6.07) is 0. The van der Waals surface area contributed by atoms with Crippen molar-refractivity contribution in [1.82, 2.24) is 0 Å². The molecule has 0 saturated heterocycles. The van der Waals surface area contributed by atoms with Gasteiger partial charge in [-0.25, -0.2) is 0 Å². The van der Waals surface area contributed by atoms with Crippen LogP contribution in [0.5, 0.6) is 0 Å². The predicted octanol–water partition coefficient (Wildman–Crippen LogP) is 19.2. The highest BCUT2D eigenvalue weighted by Gasteiger charge is 2.16. The molecule has 1 atom stereocenters. The Hall–Kier alpha value is -1.62. The summed E-state index contributed by atoms with van der Waals surface area (Å²) < 4.78 is 17.5. The highest BCUT2D eigenvalue weighted by Crippen LogP contribution is 2.16. The third-order valence-corrected chi connectivity index (χ3v) is 12.8. The SMILES string of the molecule is CCCCC/C=C\C/C=C\CCCCCCCCCCCC(=O)OC[C@H](COC(=O)CCCCCCCCCCCCCC)OCCCCCCCCCCCCCCCCCC. The number of hydrogen-bond acceptors (Lipinski definition) is 5. The van der Waals surface area contributed by atoms with E-state index in [1.807, 2.05) is 0 Å². The van der Waals surface area contributed by atoms with Crippen LogP contribution in [0, 0.1) is 0 Å². The number of carbonyl (C=O) groups excluding carboxylic acids is 2. The largest absolute Gasteiger partial charge is 0.463 e. The van der Waals surface area contributed by atoms with Crippen molar-refractivity contribution in [2.75, 3.05) is 19.8 Å². The lowest BCUT2D eigenvalue weighted by molar-refractivity contribution is -0.155. The fraction of sp³-hybridized carbons (Fsp3) is 0.897. The third kappa shape index (κ3) is 52.9. The Kier molecular flexibility index (Phi) is 53.3. The molecule has 5 heteroatoms.